The Bertz CT molecular complexity index is 809. The number of nitriles is 1. The maximum atomic E-state index is 12.9. The van der Waals surface area contributed by atoms with Crippen molar-refractivity contribution in [3.05, 3.63) is 70.8 Å². The molecule has 0 aliphatic carbocycles. The Morgan fingerprint density at radius 1 is 1.12 bits per heavy atom. The molecule has 0 bridgehead atoms. The van der Waals surface area contributed by atoms with Gasteiger partial charge < -0.3 is 4.90 Å². The van der Waals surface area contributed by atoms with E-state index in [9.17, 15) is 23.2 Å². The molecule has 122 valence electrons. The summed E-state index contributed by atoms with van der Waals surface area (Å²) in [6.45, 7) is 0.275. The van der Waals surface area contributed by atoms with Crippen LogP contribution in [0.5, 0.6) is 0 Å². The zero-order valence-electron chi connectivity index (χ0n) is 12.5. The van der Waals surface area contributed by atoms with Gasteiger partial charge in [-0.05, 0) is 30.2 Å². The molecule has 1 amide bonds. The lowest BCUT2D eigenvalue weighted by Gasteiger charge is -2.20. The smallest absolute Gasteiger partial charge is 0.318 e. The quantitative estimate of drug-likeness (QED) is 0.855. The summed E-state index contributed by atoms with van der Waals surface area (Å²) in [5.41, 5.74) is 0.445. The molecule has 3 nitrogen and oxygen atoms in total. The molecule has 24 heavy (non-hydrogen) atoms. The van der Waals surface area contributed by atoms with Crippen molar-refractivity contribution in [2.24, 2.45) is 0 Å². The monoisotopic (exact) mass is 330 g/mol. The number of carbonyl (C=O) groups is 1. The van der Waals surface area contributed by atoms with Crippen molar-refractivity contribution >= 4 is 5.91 Å². The first-order chi connectivity index (χ1) is 11.4. The molecule has 2 aromatic rings. The summed E-state index contributed by atoms with van der Waals surface area (Å²) in [5, 5.41) is 9.37. The van der Waals surface area contributed by atoms with Crippen LogP contribution < -0.4 is 0 Å². The topological polar surface area (TPSA) is 44.1 Å². The molecule has 2 aromatic carbocycles. The molecule has 1 atom stereocenters. The molecule has 0 spiro atoms. The van der Waals surface area contributed by atoms with Crippen molar-refractivity contribution in [3.8, 4) is 6.07 Å². The molecule has 0 saturated carbocycles. The van der Waals surface area contributed by atoms with E-state index in [1.54, 1.807) is 0 Å². The van der Waals surface area contributed by atoms with Crippen molar-refractivity contribution in [1.82, 2.24) is 4.90 Å². The van der Waals surface area contributed by atoms with E-state index in [0.717, 1.165) is 23.8 Å². The lowest BCUT2D eigenvalue weighted by Crippen LogP contribution is -2.29. The highest BCUT2D eigenvalue weighted by Gasteiger charge is 2.39. The van der Waals surface area contributed by atoms with Gasteiger partial charge in [0, 0.05) is 17.7 Å². The minimum Gasteiger partial charge on any atom is -0.318 e. The van der Waals surface area contributed by atoms with Crippen molar-refractivity contribution < 1.29 is 18.0 Å². The van der Waals surface area contributed by atoms with Crippen LogP contribution in [0.1, 0.15) is 33.1 Å². The van der Waals surface area contributed by atoms with Crippen LogP contribution in [-0.4, -0.2) is 17.4 Å². The van der Waals surface area contributed by atoms with Gasteiger partial charge in [-0.2, -0.15) is 18.4 Å². The van der Waals surface area contributed by atoms with Gasteiger partial charge in [-0.15, -0.1) is 0 Å². The van der Waals surface area contributed by atoms with Gasteiger partial charge in [0.25, 0.3) is 5.91 Å². The molecule has 0 N–H and O–H groups in total. The Hall–Kier alpha value is -2.81. The van der Waals surface area contributed by atoms with Crippen LogP contribution >= 0.6 is 0 Å². The molecule has 1 heterocycles. The second kappa shape index (κ2) is 6.00. The third-order valence-corrected chi connectivity index (χ3v) is 4.08. The maximum Gasteiger partial charge on any atom is 0.416 e. The van der Waals surface area contributed by atoms with E-state index in [2.05, 4.69) is 0 Å². The molecule has 1 aliphatic rings. The van der Waals surface area contributed by atoms with Crippen molar-refractivity contribution in [2.75, 3.05) is 6.54 Å². The number of halogens is 3. The van der Waals surface area contributed by atoms with Crippen LogP contribution in [0.4, 0.5) is 13.2 Å². The standard InChI is InChI=1S/C18H13F3N2O/c19-18(20,21)13-6-7-14-15(10-13)16(11-22)23(17(14)24)9-8-12-4-2-1-3-5-12/h1-7,10,16H,8-9H2. The summed E-state index contributed by atoms with van der Waals surface area (Å²) in [7, 11) is 0. The second-order valence-electron chi connectivity index (χ2n) is 5.57. The van der Waals surface area contributed by atoms with Gasteiger partial charge in [0.05, 0.1) is 11.6 Å². The number of carbonyl (C=O) groups excluding carboxylic acids is 1. The fourth-order valence-electron chi connectivity index (χ4n) is 2.86. The Morgan fingerprint density at radius 2 is 1.83 bits per heavy atom. The molecule has 1 unspecified atom stereocenters. The normalized spacial score (nSPS) is 16.8. The summed E-state index contributed by atoms with van der Waals surface area (Å²) in [6, 6.07) is 13.3. The number of alkyl halides is 3. The molecule has 0 aromatic heterocycles. The number of fused-ring (bicyclic) bond motifs is 1. The predicted octanol–water partition coefficient (Wildman–Crippen LogP) is 3.97. The van der Waals surface area contributed by atoms with Crippen molar-refractivity contribution in [1.29, 1.82) is 5.26 Å². The largest absolute Gasteiger partial charge is 0.416 e. The Kier molecular flexibility index (Phi) is 4.02. The van der Waals surface area contributed by atoms with E-state index in [1.807, 2.05) is 36.4 Å². The molecule has 0 fully saturated rings. The lowest BCUT2D eigenvalue weighted by molar-refractivity contribution is -0.137. The van der Waals surface area contributed by atoms with Crippen LogP contribution in [-0.2, 0) is 12.6 Å². The Balaban J connectivity index is 1.88. The summed E-state index contributed by atoms with van der Waals surface area (Å²) in [6.07, 6.45) is -3.97. The van der Waals surface area contributed by atoms with Crippen LogP contribution in [0.25, 0.3) is 0 Å². The summed E-state index contributed by atoms with van der Waals surface area (Å²) in [5.74, 6) is -0.402. The second-order valence-corrected chi connectivity index (χ2v) is 5.57. The zero-order chi connectivity index (χ0) is 17.3. The molecule has 0 radical (unpaired) electrons. The third kappa shape index (κ3) is 2.85. The summed E-state index contributed by atoms with van der Waals surface area (Å²) >= 11 is 0. The fraction of sp³-hybridized carbons (Fsp3) is 0.222. The molecular formula is C18H13F3N2O. The predicted molar refractivity (Wildman–Crippen MR) is 81.0 cm³/mol. The first kappa shape index (κ1) is 16.1. The number of rotatable bonds is 3. The molecule has 3 rings (SSSR count). The average molecular weight is 330 g/mol. The highest BCUT2D eigenvalue weighted by Crippen LogP contribution is 2.38. The Labute approximate surface area is 136 Å². The summed E-state index contributed by atoms with van der Waals surface area (Å²) < 4.78 is 38.6. The lowest BCUT2D eigenvalue weighted by atomic mass is 10.0. The van der Waals surface area contributed by atoms with Gasteiger partial charge >= 0.3 is 6.18 Å². The number of nitrogens with zero attached hydrogens (tertiary/aromatic N) is 2. The van der Waals surface area contributed by atoms with E-state index in [0.29, 0.717) is 6.42 Å². The van der Waals surface area contributed by atoms with Crippen LogP contribution in [0.2, 0.25) is 0 Å². The van der Waals surface area contributed by atoms with Gasteiger partial charge in [0.15, 0.2) is 0 Å². The first-order valence-electron chi connectivity index (χ1n) is 7.37. The Morgan fingerprint density at radius 3 is 2.46 bits per heavy atom. The molecule has 6 heteroatoms. The average Bonchev–Trinajstić information content (AvgIpc) is 2.84. The number of hydrogen-bond acceptors (Lipinski definition) is 2. The van der Waals surface area contributed by atoms with Crippen molar-refractivity contribution in [3.63, 3.8) is 0 Å². The van der Waals surface area contributed by atoms with E-state index in [4.69, 9.17) is 0 Å². The van der Waals surface area contributed by atoms with Crippen LogP contribution in [0, 0.1) is 11.3 Å². The maximum absolute atomic E-state index is 12.9. The number of hydrogen-bond donors (Lipinski definition) is 0. The molecule has 1 aliphatic heterocycles. The van der Waals surface area contributed by atoms with Gasteiger partial charge in [0.1, 0.15) is 6.04 Å². The highest BCUT2D eigenvalue weighted by molar-refractivity contribution is 5.99. The number of benzene rings is 2. The van der Waals surface area contributed by atoms with E-state index in [1.165, 1.54) is 4.90 Å². The SMILES string of the molecule is N#CC1c2cc(C(F)(F)F)ccc2C(=O)N1CCc1ccccc1. The third-order valence-electron chi connectivity index (χ3n) is 4.08. The van der Waals surface area contributed by atoms with Crippen LogP contribution in [0.3, 0.4) is 0 Å². The summed E-state index contributed by atoms with van der Waals surface area (Å²) in [4.78, 5) is 13.8. The minimum atomic E-state index is -4.50. The van der Waals surface area contributed by atoms with E-state index in [-0.39, 0.29) is 17.7 Å². The van der Waals surface area contributed by atoms with Gasteiger partial charge in [-0.1, -0.05) is 30.3 Å². The van der Waals surface area contributed by atoms with Crippen LogP contribution in [0.15, 0.2) is 48.5 Å². The molecule has 0 saturated heterocycles. The van der Waals surface area contributed by atoms with Gasteiger partial charge in [-0.3, -0.25) is 4.79 Å². The highest BCUT2D eigenvalue weighted by atomic mass is 19.4. The minimum absolute atomic E-state index is 0.130. The number of amides is 1. The van der Waals surface area contributed by atoms with E-state index >= 15 is 0 Å². The first-order valence-corrected chi connectivity index (χ1v) is 7.37. The van der Waals surface area contributed by atoms with Crippen molar-refractivity contribution in [2.45, 2.75) is 18.6 Å². The van der Waals surface area contributed by atoms with Gasteiger partial charge in [0.2, 0.25) is 0 Å². The fourth-order valence-corrected chi connectivity index (χ4v) is 2.86. The van der Waals surface area contributed by atoms with Gasteiger partial charge in [-0.25, -0.2) is 0 Å². The molecular weight excluding hydrogens is 317 g/mol. The zero-order valence-corrected chi connectivity index (χ0v) is 12.5. The van der Waals surface area contributed by atoms with E-state index < -0.39 is 23.7 Å².